The maximum absolute atomic E-state index is 14.0. The second-order valence-corrected chi connectivity index (χ2v) is 4.25. The van der Waals surface area contributed by atoms with Crippen LogP contribution in [0.25, 0.3) is 10.9 Å². The van der Waals surface area contributed by atoms with E-state index in [4.69, 9.17) is 5.26 Å². The first kappa shape index (κ1) is 11.4. The van der Waals surface area contributed by atoms with E-state index in [1.54, 1.807) is 23.0 Å². The van der Waals surface area contributed by atoms with Crippen molar-refractivity contribution in [2.75, 3.05) is 0 Å². The van der Waals surface area contributed by atoms with E-state index in [2.05, 4.69) is 5.10 Å². The highest BCUT2D eigenvalue weighted by molar-refractivity contribution is 5.78. The van der Waals surface area contributed by atoms with Crippen molar-refractivity contribution in [1.82, 2.24) is 9.78 Å². The second-order valence-electron chi connectivity index (χ2n) is 4.25. The molecule has 1 heterocycles. The van der Waals surface area contributed by atoms with Gasteiger partial charge >= 0.3 is 0 Å². The standard InChI is InChI=1S/C15H10FN3/c16-15-11(8-17)5-3-6-13(15)10-19-14-7-2-1-4-12(14)9-18-19/h1-7,9H,10H2. The molecule has 4 heteroatoms. The van der Waals surface area contributed by atoms with Gasteiger partial charge in [-0.05, 0) is 12.1 Å². The molecule has 92 valence electrons. The van der Waals surface area contributed by atoms with Gasteiger partial charge in [-0.3, -0.25) is 4.68 Å². The quantitative estimate of drug-likeness (QED) is 0.702. The van der Waals surface area contributed by atoms with Crippen LogP contribution in [0.15, 0.2) is 48.7 Å². The fourth-order valence-electron chi connectivity index (χ4n) is 2.10. The number of hydrogen-bond acceptors (Lipinski definition) is 2. The third kappa shape index (κ3) is 1.95. The normalized spacial score (nSPS) is 10.5. The monoisotopic (exact) mass is 251 g/mol. The lowest BCUT2D eigenvalue weighted by atomic mass is 10.1. The van der Waals surface area contributed by atoms with E-state index < -0.39 is 5.82 Å². The van der Waals surface area contributed by atoms with Crippen LogP contribution < -0.4 is 0 Å². The smallest absolute Gasteiger partial charge is 0.146 e. The number of fused-ring (bicyclic) bond motifs is 1. The van der Waals surface area contributed by atoms with Crippen molar-refractivity contribution in [2.24, 2.45) is 0 Å². The molecule has 0 aliphatic carbocycles. The minimum absolute atomic E-state index is 0.0639. The Morgan fingerprint density at radius 2 is 2.00 bits per heavy atom. The van der Waals surface area contributed by atoms with Crippen LogP contribution in [0, 0.1) is 17.1 Å². The molecular formula is C15H10FN3. The molecule has 3 rings (SSSR count). The van der Waals surface area contributed by atoms with Gasteiger partial charge < -0.3 is 0 Å². The molecule has 0 N–H and O–H groups in total. The largest absolute Gasteiger partial charge is 0.260 e. The maximum atomic E-state index is 14.0. The highest BCUT2D eigenvalue weighted by Gasteiger charge is 2.09. The fraction of sp³-hybridized carbons (Fsp3) is 0.0667. The minimum atomic E-state index is -0.468. The molecule has 0 atom stereocenters. The predicted molar refractivity (Wildman–Crippen MR) is 70.0 cm³/mol. The molecule has 0 bridgehead atoms. The van der Waals surface area contributed by atoms with E-state index >= 15 is 0 Å². The first-order valence-corrected chi connectivity index (χ1v) is 5.87. The van der Waals surface area contributed by atoms with Crippen molar-refractivity contribution in [2.45, 2.75) is 6.54 Å². The molecule has 0 fully saturated rings. The van der Waals surface area contributed by atoms with Crippen LogP contribution in [0.4, 0.5) is 4.39 Å². The average molecular weight is 251 g/mol. The van der Waals surface area contributed by atoms with Crippen LogP contribution in [-0.2, 0) is 6.54 Å². The Bertz CT molecular complexity index is 783. The molecule has 0 saturated carbocycles. The van der Waals surface area contributed by atoms with Crippen molar-refractivity contribution >= 4 is 10.9 Å². The molecule has 1 aromatic heterocycles. The Hall–Kier alpha value is -2.67. The van der Waals surface area contributed by atoms with Gasteiger partial charge in [0.05, 0.1) is 23.8 Å². The summed E-state index contributed by atoms with van der Waals surface area (Å²) in [5.74, 6) is -0.468. The molecule has 3 aromatic rings. The van der Waals surface area contributed by atoms with Gasteiger partial charge in [-0.15, -0.1) is 0 Å². The van der Waals surface area contributed by atoms with Gasteiger partial charge in [0.15, 0.2) is 0 Å². The average Bonchev–Trinajstić information content (AvgIpc) is 2.85. The van der Waals surface area contributed by atoms with Gasteiger partial charge in [0, 0.05) is 10.9 Å². The van der Waals surface area contributed by atoms with Gasteiger partial charge in [0.25, 0.3) is 0 Å². The number of para-hydroxylation sites is 1. The summed E-state index contributed by atoms with van der Waals surface area (Å²) in [4.78, 5) is 0. The predicted octanol–water partition coefficient (Wildman–Crippen LogP) is 3.10. The number of aromatic nitrogens is 2. The van der Waals surface area contributed by atoms with Crippen LogP contribution in [-0.4, -0.2) is 9.78 Å². The number of nitrogens with zero attached hydrogens (tertiary/aromatic N) is 3. The van der Waals surface area contributed by atoms with Crippen LogP contribution in [0.2, 0.25) is 0 Å². The number of benzene rings is 2. The van der Waals surface area contributed by atoms with Gasteiger partial charge in [0.1, 0.15) is 11.9 Å². The zero-order chi connectivity index (χ0) is 13.2. The third-order valence-corrected chi connectivity index (χ3v) is 3.07. The molecule has 0 unspecified atom stereocenters. The fourth-order valence-corrected chi connectivity index (χ4v) is 2.10. The third-order valence-electron chi connectivity index (χ3n) is 3.07. The Morgan fingerprint density at radius 1 is 1.16 bits per heavy atom. The molecule has 2 aromatic carbocycles. The molecular weight excluding hydrogens is 241 g/mol. The second kappa shape index (κ2) is 4.54. The van der Waals surface area contributed by atoms with E-state index in [1.165, 1.54) is 6.07 Å². The SMILES string of the molecule is N#Cc1cccc(Cn2ncc3ccccc32)c1F. The summed E-state index contributed by atoms with van der Waals surface area (Å²) in [5, 5.41) is 14.1. The summed E-state index contributed by atoms with van der Waals surface area (Å²) in [7, 11) is 0. The van der Waals surface area contributed by atoms with Gasteiger partial charge in [-0.2, -0.15) is 10.4 Å². The molecule has 0 amide bonds. The van der Waals surface area contributed by atoms with Crippen molar-refractivity contribution in [3.05, 3.63) is 65.6 Å². The lowest BCUT2D eigenvalue weighted by molar-refractivity contribution is 0.587. The van der Waals surface area contributed by atoms with E-state index in [-0.39, 0.29) is 5.56 Å². The van der Waals surface area contributed by atoms with Crippen LogP contribution >= 0.6 is 0 Å². The van der Waals surface area contributed by atoms with E-state index in [9.17, 15) is 4.39 Å². The molecule has 0 radical (unpaired) electrons. The zero-order valence-corrected chi connectivity index (χ0v) is 10.0. The summed E-state index contributed by atoms with van der Waals surface area (Å²) in [5.41, 5.74) is 1.48. The molecule has 0 saturated heterocycles. The Kier molecular flexibility index (Phi) is 2.73. The molecule has 0 aliphatic heterocycles. The van der Waals surface area contributed by atoms with Gasteiger partial charge in [-0.1, -0.05) is 30.3 Å². The van der Waals surface area contributed by atoms with Crippen molar-refractivity contribution in [3.63, 3.8) is 0 Å². The minimum Gasteiger partial charge on any atom is -0.260 e. The zero-order valence-electron chi connectivity index (χ0n) is 10.0. The van der Waals surface area contributed by atoms with E-state index in [0.717, 1.165) is 10.9 Å². The van der Waals surface area contributed by atoms with Crippen molar-refractivity contribution in [3.8, 4) is 6.07 Å². The van der Waals surface area contributed by atoms with E-state index in [0.29, 0.717) is 12.1 Å². The van der Waals surface area contributed by atoms with Crippen LogP contribution in [0.3, 0.4) is 0 Å². The van der Waals surface area contributed by atoms with E-state index in [1.807, 2.05) is 30.3 Å². The molecule has 0 aliphatic rings. The first-order valence-electron chi connectivity index (χ1n) is 5.87. The van der Waals surface area contributed by atoms with Gasteiger partial charge in [-0.25, -0.2) is 4.39 Å². The lowest BCUT2D eigenvalue weighted by Crippen LogP contribution is -2.04. The number of halogens is 1. The number of hydrogen-bond donors (Lipinski definition) is 0. The summed E-state index contributed by atoms with van der Waals surface area (Å²) in [6.45, 7) is 0.314. The van der Waals surface area contributed by atoms with Gasteiger partial charge in [0.2, 0.25) is 0 Å². The Balaban J connectivity index is 2.05. The first-order chi connectivity index (χ1) is 9.29. The summed E-state index contributed by atoms with van der Waals surface area (Å²) < 4.78 is 15.7. The summed E-state index contributed by atoms with van der Waals surface area (Å²) in [6, 6.07) is 14.4. The number of rotatable bonds is 2. The van der Waals surface area contributed by atoms with Crippen LogP contribution in [0.5, 0.6) is 0 Å². The molecule has 0 spiro atoms. The highest BCUT2D eigenvalue weighted by Crippen LogP contribution is 2.17. The number of nitriles is 1. The topological polar surface area (TPSA) is 41.6 Å². The van der Waals surface area contributed by atoms with Crippen molar-refractivity contribution in [1.29, 1.82) is 5.26 Å². The Morgan fingerprint density at radius 3 is 2.84 bits per heavy atom. The lowest BCUT2D eigenvalue weighted by Gasteiger charge is -2.06. The Labute approximate surface area is 109 Å². The maximum Gasteiger partial charge on any atom is 0.146 e. The summed E-state index contributed by atoms with van der Waals surface area (Å²) >= 11 is 0. The van der Waals surface area contributed by atoms with Crippen LogP contribution in [0.1, 0.15) is 11.1 Å². The van der Waals surface area contributed by atoms with Crippen molar-refractivity contribution < 1.29 is 4.39 Å². The summed E-state index contributed by atoms with van der Waals surface area (Å²) in [6.07, 6.45) is 1.75. The molecule has 19 heavy (non-hydrogen) atoms. The molecule has 3 nitrogen and oxygen atoms in total. The highest BCUT2D eigenvalue weighted by atomic mass is 19.1.